The monoisotopic (exact) mass is 352 g/mol. The first-order valence-electron chi connectivity index (χ1n) is 7.37. The van der Waals surface area contributed by atoms with Gasteiger partial charge in [-0.2, -0.15) is 0 Å². The predicted octanol–water partition coefficient (Wildman–Crippen LogP) is 2.27. The smallest absolute Gasteiger partial charge is 0.206 e. The summed E-state index contributed by atoms with van der Waals surface area (Å²) < 4.78 is 40.5. The Kier molecular flexibility index (Phi) is 6.60. The van der Waals surface area contributed by atoms with Crippen molar-refractivity contribution in [3.63, 3.8) is 0 Å². The van der Waals surface area contributed by atoms with Crippen molar-refractivity contribution in [2.75, 3.05) is 33.5 Å². The summed E-state index contributed by atoms with van der Waals surface area (Å²) in [4.78, 5) is 0.289. The van der Waals surface area contributed by atoms with Crippen LogP contribution >= 0.6 is 0 Å². The van der Waals surface area contributed by atoms with E-state index >= 15 is 0 Å². The summed E-state index contributed by atoms with van der Waals surface area (Å²) in [5.74, 6) is 0.584. The molecule has 0 aliphatic heterocycles. The van der Waals surface area contributed by atoms with Gasteiger partial charge in [-0.3, -0.25) is 0 Å². The molecular weight excluding hydrogens is 332 g/mol. The molecule has 24 heavy (non-hydrogen) atoms. The van der Waals surface area contributed by atoms with Gasteiger partial charge < -0.3 is 19.3 Å². The summed E-state index contributed by atoms with van der Waals surface area (Å²) in [6, 6.07) is 11.6. The quantitative estimate of drug-likeness (QED) is 0.697. The summed E-state index contributed by atoms with van der Waals surface area (Å²) in [5, 5.41) is 9.25. The number of methoxy groups -OCH3 is 1. The van der Waals surface area contributed by atoms with E-state index in [2.05, 4.69) is 0 Å². The number of benzene rings is 2. The number of phenolic OH excluding ortho intramolecular Hbond substituents is 1. The first kappa shape index (κ1) is 18.3. The highest BCUT2D eigenvalue weighted by Crippen LogP contribution is 2.24. The summed E-state index contributed by atoms with van der Waals surface area (Å²) in [7, 11) is -2.01. The number of hydrogen-bond acceptors (Lipinski definition) is 6. The molecular formula is C17H20O6S. The van der Waals surface area contributed by atoms with Gasteiger partial charge in [0.2, 0.25) is 9.84 Å². The number of sulfone groups is 1. The molecule has 0 saturated heterocycles. The fraction of sp³-hybridized carbons (Fsp3) is 0.294. The van der Waals surface area contributed by atoms with Crippen LogP contribution < -0.4 is 4.74 Å². The van der Waals surface area contributed by atoms with Crippen molar-refractivity contribution in [3.8, 4) is 11.5 Å². The molecule has 0 fully saturated rings. The maximum Gasteiger partial charge on any atom is 0.206 e. The Morgan fingerprint density at radius 3 is 1.96 bits per heavy atom. The summed E-state index contributed by atoms with van der Waals surface area (Å²) in [5.41, 5.74) is 0. The van der Waals surface area contributed by atoms with Crippen molar-refractivity contribution < 1.29 is 27.7 Å². The van der Waals surface area contributed by atoms with Gasteiger partial charge in [0.15, 0.2) is 0 Å². The van der Waals surface area contributed by atoms with Gasteiger partial charge >= 0.3 is 0 Å². The third-order valence-electron chi connectivity index (χ3n) is 3.21. The van der Waals surface area contributed by atoms with Gasteiger partial charge in [-0.1, -0.05) is 0 Å². The van der Waals surface area contributed by atoms with Gasteiger partial charge in [-0.15, -0.1) is 0 Å². The molecule has 0 heterocycles. The van der Waals surface area contributed by atoms with Crippen LogP contribution in [0.15, 0.2) is 58.3 Å². The lowest BCUT2D eigenvalue weighted by Gasteiger charge is -2.09. The minimum atomic E-state index is -3.61. The molecule has 2 aromatic carbocycles. The molecule has 130 valence electrons. The Balaban J connectivity index is 1.95. The van der Waals surface area contributed by atoms with Gasteiger partial charge in [-0.05, 0) is 48.5 Å². The third kappa shape index (κ3) is 4.95. The van der Waals surface area contributed by atoms with Gasteiger partial charge in [0.1, 0.15) is 18.1 Å². The standard InChI is InChI=1S/C17H20O6S/c1-21-10-11-22-12-13-23-15-4-8-17(9-5-15)24(19,20)16-6-2-14(18)3-7-16/h2-9,18H,10-13H2,1H3. The molecule has 0 aliphatic carbocycles. The van der Waals surface area contributed by atoms with Gasteiger partial charge in [0.25, 0.3) is 0 Å². The SMILES string of the molecule is COCCOCCOc1ccc(S(=O)(=O)c2ccc(O)cc2)cc1. The maximum absolute atomic E-state index is 12.5. The van der Waals surface area contributed by atoms with E-state index in [1.165, 1.54) is 36.4 Å². The molecule has 0 spiro atoms. The second-order valence-corrected chi connectivity index (χ2v) is 6.87. The molecule has 1 N–H and O–H groups in total. The lowest BCUT2D eigenvalue weighted by molar-refractivity contribution is 0.0544. The van der Waals surface area contributed by atoms with E-state index in [4.69, 9.17) is 14.2 Å². The Hall–Kier alpha value is -2.09. The van der Waals surface area contributed by atoms with E-state index in [0.29, 0.717) is 32.2 Å². The number of ether oxygens (including phenoxy) is 3. The molecule has 0 bridgehead atoms. The summed E-state index contributed by atoms with van der Waals surface area (Å²) in [6.45, 7) is 1.83. The minimum Gasteiger partial charge on any atom is -0.508 e. The minimum absolute atomic E-state index is 0.0189. The second-order valence-electron chi connectivity index (χ2n) is 4.92. The highest BCUT2D eigenvalue weighted by atomic mass is 32.2. The Labute approximate surface area is 141 Å². The first-order chi connectivity index (χ1) is 11.5. The topological polar surface area (TPSA) is 82.1 Å². The fourth-order valence-corrected chi connectivity index (χ4v) is 3.20. The summed E-state index contributed by atoms with van der Waals surface area (Å²) >= 11 is 0. The zero-order valence-electron chi connectivity index (χ0n) is 13.3. The molecule has 0 amide bonds. The van der Waals surface area contributed by atoms with Crippen LogP contribution in [0.5, 0.6) is 11.5 Å². The molecule has 0 saturated carbocycles. The molecule has 7 heteroatoms. The van der Waals surface area contributed by atoms with E-state index < -0.39 is 9.84 Å². The second kappa shape index (κ2) is 8.68. The fourth-order valence-electron chi connectivity index (χ4n) is 1.94. The van der Waals surface area contributed by atoms with E-state index in [-0.39, 0.29) is 15.5 Å². The predicted molar refractivity (Wildman–Crippen MR) is 88.2 cm³/mol. The third-order valence-corrected chi connectivity index (χ3v) is 4.99. The largest absolute Gasteiger partial charge is 0.508 e. The molecule has 0 aromatic heterocycles. The van der Waals surface area contributed by atoms with E-state index in [9.17, 15) is 13.5 Å². The van der Waals surface area contributed by atoms with E-state index in [0.717, 1.165) is 0 Å². The van der Waals surface area contributed by atoms with Gasteiger partial charge in [0.05, 0.1) is 29.6 Å². The van der Waals surface area contributed by atoms with E-state index in [1.807, 2.05) is 0 Å². The Morgan fingerprint density at radius 1 is 0.833 bits per heavy atom. The average molecular weight is 352 g/mol. The zero-order valence-corrected chi connectivity index (χ0v) is 14.2. The molecule has 2 rings (SSSR count). The molecule has 2 aromatic rings. The summed E-state index contributed by atoms with van der Waals surface area (Å²) in [6.07, 6.45) is 0. The first-order valence-corrected chi connectivity index (χ1v) is 8.86. The highest BCUT2D eigenvalue weighted by molar-refractivity contribution is 7.91. The zero-order chi connectivity index (χ0) is 17.4. The number of rotatable bonds is 9. The van der Waals surface area contributed by atoms with E-state index in [1.54, 1.807) is 19.2 Å². The van der Waals surface area contributed by atoms with Crippen molar-refractivity contribution in [2.24, 2.45) is 0 Å². The highest BCUT2D eigenvalue weighted by Gasteiger charge is 2.17. The van der Waals surface area contributed by atoms with Crippen LogP contribution in [0.2, 0.25) is 0 Å². The Morgan fingerprint density at radius 2 is 1.38 bits per heavy atom. The van der Waals surface area contributed by atoms with Crippen molar-refractivity contribution >= 4 is 9.84 Å². The maximum atomic E-state index is 12.5. The van der Waals surface area contributed by atoms with Crippen LogP contribution in [0.25, 0.3) is 0 Å². The molecule has 0 radical (unpaired) electrons. The van der Waals surface area contributed by atoms with Crippen molar-refractivity contribution in [1.82, 2.24) is 0 Å². The van der Waals surface area contributed by atoms with Crippen LogP contribution in [-0.4, -0.2) is 47.1 Å². The molecule has 0 unspecified atom stereocenters. The van der Waals surface area contributed by atoms with Crippen LogP contribution in [0.3, 0.4) is 0 Å². The van der Waals surface area contributed by atoms with Crippen LogP contribution in [0.4, 0.5) is 0 Å². The number of hydrogen-bond donors (Lipinski definition) is 1. The van der Waals surface area contributed by atoms with Crippen molar-refractivity contribution in [2.45, 2.75) is 9.79 Å². The lowest BCUT2D eigenvalue weighted by Crippen LogP contribution is -2.10. The number of aromatic hydroxyl groups is 1. The molecule has 0 atom stereocenters. The number of phenols is 1. The Bertz CT molecular complexity index is 723. The normalized spacial score (nSPS) is 11.4. The van der Waals surface area contributed by atoms with Crippen LogP contribution in [0.1, 0.15) is 0 Å². The van der Waals surface area contributed by atoms with Crippen molar-refractivity contribution in [1.29, 1.82) is 0 Å². The molecule has 6 nitrogen and oxygen atoms in total. The van der Waals surface area contributed by atoms with Crippen LogP contribution in [0, 0.1) is 0 Å². The average Bonchev–Trinajstić information content (AvgIpc) is 2.59. The van der Waals surface area contributed by atoms with Gasteiger partial charge in [0, 0.05) is 7.11 Å². The van der Waals surface area contributed by atoms with Crippen molar-refractivity contribution in [3.05, 3.63) is 48.5 Å². The van der Waals surface area contributed by atoms with Gasteiger partial charge in [-0.25, -0.2) is 8.42 Å². The van der Waals surface area contributed by atoms with Crippen LogP contribution in [-0.2, 0) is 19.3 Å². The molecule has 0 aliphatic rings. The lowest BCUT2D eigenvalue weighted by atomic mass is 10.3.